The van der Waals surface area contributed by atoms with Crippen molar-refractivity contribution in [2.24, 2.45) is 4.99 Å². The van der Waals surface area contributed by atoms with Crippen LogP contribution in [-0.4, -0.2) is 36.5 Å². The Morgan fingerprint density at radius 3 is 2.55 bits per heavy atom. The summed E-state index contributed by atoms with van der Waals surface area (Å²) < 4.78 is 18.7. The maximum Gasteiger partial charge on any atom is 0.338 e. The highest BCUT2D eigenvalue weighted by molar-refractivity contribution is 14.1. The molecule has 2 aromatic carbocycles. The molecule has 0 amide bonds. The topological polar surface area (TPSA) is 96.2 Å². The minimum atomic E-state index is -0.677. The number of thiazole rings is 1. The Morgan fingerprint density at radius 1 is 1.24 bits per heavy atom. The van der Waals surface area contributed by atoms with Crippen molar-refractivity contribution in [3.05, 3.63) is 82.1 Å². The van der Waals surface area contributed by atoms with E-state index in [0.717, 1.165) is 10.5 Å². The minimum Gasteiger partial charge on any atom is -0.493 e. The molecule has 38 heavy (non-hydrogen) atoms. The zero-order valence-corrected chi connectivity index (χ0v) is 25.2. The third kappa shape index (κ3) is 5.59. The second kappa shape index (κ2) is 11.9. The second-order valence-corrected chi connectivity index (χ2v) is 11.3. The van der Waals surface area contributed by atoms with Crippen LogP contribution < -0.4 is 24.4 Å². The van der Waals surface area contributed by atoms with E-state index < -0.39 is 18.0 Å². The Kier molecular flexibility index (Phi) is 8.78. The van der Waals surface area contributed by atoms with Crippen LogP contribution >= 0.6 is 45.7 Å². The molecule has 0 spiro atoms. The predicted octanol–water partition coefficient (Wildman–Crippen LogP) is 4.06. The number of carbonyl (C=O) groups excluding carboxylic acids is 2. The molecule has 0 N–H and O–H groups in total. The maximum absolute atomic E-state index is 13.8. The number of hydrogen-bond donors (Lipinski definition) is 0. The molecule has 2 heterocycles. The van der Waals surface area contributed by atoms with Gasteiger partial charge < -0.3 is 14.2 Å². The number of nitrogens with zero attached hydrogens (tertiary/aromatic N) is 2. The first-order chi connectivity index (χ1) is 18.2. The van der Waals surface area contributed by atoms with Crippen molar-refractivity contribution in [2.45, 2.75) is 31.7 Å². The van der Waals surface area contributed by atoms with E-state index in [0.29, 0.717) is 41.2 Å². The summed E-state index contributed by atoms with van der Waals surface area (Å²) in [6, 6.07) is 10.6. The summed E-state index contributed by atoms with van der Waals surface area (Å²) in [4.78, 5) is 44.5. The number of benzene rings is 2. The molecule has 198 valence electrons. The molecule has 0 aliphatic carbocycles. The van der Waals surface area contributed by atoms with E-state index in [4.69, 9.17) is 14.2 Å². The number of rotatable bonds is 7. The molecule has 0 radical (unpaired) electrons. The summed E-state index contributed by atoms with van der Waals surface area (Å²) in [6.45, 7) is 5.03. The lowest BCUT2D eigenvalue weighted by Crippen LogP contribution is -2.39. The van der Waals surface area contributed by atoms with Crippen LogP contribution in [0, 0.1) is 3.57 Å². The van der Waals surface area contributed by atoms with Gasteiger partial charge in [0, 0.05) is 11.8 Å². The molecule has 1 atom stereocenters. The highest BCUT2D eigenvalue weighted by Gasteiger charge is 2.33. The number of methoxy groups -OCH3 is 1. The number of allylic oxidation sites excluding steroid dienone is 1. The van der Waals surface area contributed by atoms with Crippen molar-refractivity contribution >= 4 is 63.7 Å². The predicted molar refractivity (Wildman–Crippen MR) is 156 cm³/mol. The lowest BCUT2D eigenvalue weighted by Gasteiger charge is -2.24. The van der Waals surface area contributed by atoms with E-state index in [2.05, 4.69) is 27.6 Å². The van der Waals surface area contributed by atoms with E-state index >= 15 is 0 Å². The number of carbonyl (C=O) groups is 2. The molecule has 3 aromatic rings. The van der Waals surface area contributed by atoms with Gasteiger partial charge in [-0.05, 0) is 84.2 Å². The standard InChI is InChI=1S/C27H25IN2O6S2/c1-6-35-26(33)22-14(2)29-27-30(23(22)17-7-9-18(37-5)10-8-17)25(32)21(38-27)13-16-11-19(28)24(36-15(3)31)20(12-16)34-4/h7-13,23H,6H2,1-5H3/b21-13-/t23-/m0/s1. The van der Waals surface area contributed by atoms with Gasteiger partial charge in [-0.1, -0.05) is 23.5 Å². The summed E-state index contributed by atoms with van der Waals surface area (Å²) in [5.74, 6) is -0.260. The molecule has 0 fully saturated rings. The molecule has 11 heteroatoms. The number of hydrogen-bond acceptors (Lipinski definition) is 9. The third-order valence-electron chi connectivity index (χ3n) is 5.74. The van der Waals surface area contributed by atoms with Gasteiger partial charge in [0.2, 0.25) is 0 Å². The van der Waals surface area contributed by atoms with Gasteiger partial charge in [0.1, 0.15) is 0 Å². The van der Waals surface area contributed by atoms with E-state index in [1.54, 1.807) is 48.4 Å². The average molecular weight is 665 g/mol. The van der Waals surface area contributed by atoms with Gasteiger partial charge in [-0.25, -0.2) is 9.79 Å². The van der Waals surface area contributed by atoms with Crippen LogP contribution in [0.2, 0.25) is 0 Å². The van der Waals surface area contributed by atoms with Crippen molar-refractivity contribution < 1.29 is 23.8 Å². The molecule has 0 bridgehead atoms. The van der Waals surface area contributed by atoms with E-state index in [9.17, 15) is 14.4 Å². The van der Waals surface area contributed by atoms with Crippen LogP contribution in [0.1, 0.15) is 37.9 Å². The van der Waals surface area contributed by atoms with Crippen molar-refractivity contribution in [1.29, 1.82) is 0 Å². The Hall–Kier alpha value is -2.90. The smallest absolute Gasteiger partial charge is 0.338 e. The lowest BCUT2D eigenvalue weighted by molar-refractivity contribution is -0.139. The van der Waals surface area contributed by atoms with Gasteiger partial charge in [0.05, 0.1) is 39.1 Å². The highest BCUT2D eigenvalue weighted by atomic mass is 127. The average Bonchev–Trinajstić information content (AvgIpc) is 3.18. The Morgan fingerprint density at radius 2 is 1.95 bits per heavy atom. The molecule has 0 unspecified atom stereocenters. The summed E-state index contributed by atoms with van der Waals surface area (Å²) in [7, 11) is 1.48. The maximum atomic E-state index is 13.8. The van der Waals surface area contributed by atoms with Crippen molar-refractivity contribution in [2.75, 3.05) is 20.0 Å². The van der Waals surface area contributed by atoms with Crippen molar-refractivity contribution in [3.63, 3.8) is 0 Å². The van der Waals surface area contributed by atoms with E-state index in [1.807, 2.05) is 30.5 Å². The zero-order valence-electron chi connectivity index (χ0n) is 21.4. The van der Waals surface area contributed by atoms with Crippen LogP contribution in [0.5, 0.6) is 11.5 Å². The monoisotopic (exact) mass is 664 g/mol. The van der Waals surface area contributed by atoms with Gasteiger partial charge in [0.15, 0.2) is 16.3 Å². The largest absolute Gasteiger partial charge is 0.493 e. The second-order valence-electron chi connectivity index (χ2n) is 8.20. The number of ether oxygens (including phenoxy) is 3. The third-order valence-corrected chi connectivity index (χ3v) is 8.27. The fourth-order valence-electron chi connectivity index (χ4n) is 4.11. The molecule has 1 aromatic heterocycles. The molecule has 1 aliphatic rings. The van der Waals surface area contributed by atoms with E-state index in [1.165, 1.54) is 25.4 Å². The Bertz CT molecular complexity index is 1620. The SMILES string of the molecule is CCOC(=O)C1=C(C)N=c2s/c(=C\c3cc(I)c(OC(C)=O)c(OC)c3)c(=O)n2[C@H]1c1ccc(SC)cc1. The lowest BCUT2D eigenvalue weighted by atomic mass is 9.96. The Balaban J connectivity index is 1.91. The fourth-order valence-corrected chi connectivity index (χ4v) is 6.30. The first-order valence-electron chi connectivity index (χ1n) is 11.6. The fraction of sp³-hybridized carbons (Fsp3) is 0.259. The Labute approximate surface area is 241 Å². The van der Waals surface area contributed by atoms with Crippen LogP contribution in [-0.2, 0) is 14.3 Å². The quantitative estimate of drug-likeness (QED) is 0.163. The van der Waals surface area contributed by atoms with Gasteiger partial charge >= 0.3 is 11.9 Å². The molecule has 1 aliphatic heterocycles. The van der Waals surface area contributed by atoms with Crippen molar-refractivity contribution in [1.82, 2.24) is 4.57 Å². The van der Waals surface area contributed by atoms with Gasteiger partial charge in [-0.2, -0.15) is 0 Å². The summed E-state index contributed by atoms with van der Waals surface area (Å²) in [6.07, 6.45) is 3.73. The molecular formula is C27H25IN2O6S2. The molecule has 0 saturated carbocycles. The van der Waals surface area contributed by atoms with Crippen LogP contribution in [0.4, 0.5) is 0 Å². The number of thioether (sulfide) groups is 1. The molecule has 4 rings (SSSR count). The van der Waals surface area contributed by atoms with Gasteiger partial charge in [0.25, 0.3) is 5.56 Å². The normalized spacial score (nSPS) is 15.1. The van der Waals surface area contributed by atoms with Gasteiger partial charge in [-0.3, -0.25) is 14.2 Å². The molecule has 0 saturated heterocycles. The molecule has 8 nitrogen and oxygen atoms in total. The zero-order chi connectivity index (χ0) is 27.6. The summed E-state index contributed by atoms with van der Waals surface area (Å²) >= 11 is 4.91. The summed E-state index contributed by atoms with van der Waals surface area (Å²) in [5, 5.41) is 0. The number of fused-ring (bicyclic) bond motifs is 1. The van der Waals surface area contributed by atoms with Gasteiger partial charge in [-0.15, -0.1) is 11.8 Å². The van der Waals surface area contributed by atoms with Crippen LogP contribution in [0.15, 0.2) is 62.4 Å². The number of halogens is 1. The highest BCUT2D eigenvalue weighted by Crippen LogP contribution is 2.35. The first kappa shape index (κ1) is 28.1. The first-order valence-corrected chi connectivity index (χ1v) is 14.7. The molecular weight excluding hydrogens is 639 g/mol. The number of aromatic nitrogens is 1. The van der Waals surface area contributed by atoms with Crippen molar-refractivity contribution in [3.8, 4) is 11.5 Å². The minimum absolute atomic E-state index is 0.210. The van der Waals surface area contributed by atoms with Crippen LogP contribution in [0.3, 0.4) is 0 Å². The van der Waals surface area contributed by atoms with Crippen LogP contribution in [0.25, 0.3) is 6.08 Å². The van der Waals surface area contributed by atoms with E-state index in [-0.39, 0.29) is 12.2 Å². The number of esters is 2. The summed E-state index contributed by atoms with van der Waals surface area (Å²) in [5.41, 5.74) is 2.05.